The second kappa shape index (κ2) is 9.23. The molecule has 1 saturated heterocycles. The van der Waals surface area contributed by atoms with Crippen LogP contribution in [0.1, 0.15) is 12.5 Å². The molecule has 0 unspecified atom stereocenters. The van der Waals surface area contributed by atoms with Crippen molar-refractivity contribution in [3.05, 3.63) is 48.5 Å². The quantitative estimate of drug-likeness (QED) is 0.551. The van der Waals surface area contributed by atoms with Crippen molar-refractivity contribution < 1.29 is 9.21 Å². The van der Waals surface area contributed by atoms with Gasteiger partial charge in [0.2, 0.25) is 5.91 Å². The first-order chi connectivity index (χ1) is 14.2. The molecule has 0 spiro atoms. The van der Waals surface area contributed by atoms with Gasteiger partial charge in [0.05, 0.1) is 12.0 Å². The molecular weight excluding hydrogens is 388 g/mol. The molecule has 1 aliphatic rings. The minimum atomic E-state index is 0.142. The average Bonchev–Trinajstić information content (AvgIpc) is 3.42. The zero-order valence-corrected chi connectivity index (χ0v) is 17.2. The maximum atomic E-state index is 12.7. The lowest BCUT2D eigenvalue weighted by molar-refractivity contribution is -0.130. The van der Waals surface area contributed by atoms with Crippen LogP contribution in [0.4, 0.5) is 0 Å². The van der Waals surface area contributed by atoms with E-state index in [0.29, 0.717) is 23.9 Å². The molecule has 3 aromatic heterocycles. The van der Waals surface area contributed by atoms with Crippen LogP contribution in [0.3, 0.4) is 0 Å². The molecule has 3 aromatic rings. The summed E-state index contributed by atoms with van der Waals surface area (Å²) in [5.74, 6) is 1.88. The Kier molecular flexibility index (Phi) is 6.26. The van der Waals surface area contributed by atoms with Crippen LogP contribution in [-0.2, 0) is 17.9 Å². The number of piperazine rings is 1. The molecule has 152 valence electrons. The molecular formula is C20H24N6O2S. The summed E-state index contributed by atoms with van der Waals surface area (Å²) >= 11 is 1.43. The maximum Gasteiger partial charge on any atom is 0.233 e. The third kappa shape index (κ3) is 4.68. The van der Waals surface area contributed by atoms with Crippen molar-refractivity contribution in [2.45, 2.75) is 25.2 Å². The zero-order valence-electron chi connectivity index (χ0n) is 16.4. The molecule has 1 fully saturated rings. The summed E-state index contributed by atoms with van der Waals surface area (Å²) in [6, 6.07) is 7.76. The van der Waals surface area contributed by atoms with Gasteiger partial charge in [-0.3, -0.25) is 19.2 Å². The van der Waals surface area contributed by atoms with Crippen molar-refractivity contribution in [1.82, 2.24) is 29.5 Å². The Labute approximate surface area is 173 Å². The van der Waals surface area contributed by atoms with E-state index in [9.17, 15) is 4.79 Å². The van der Waals surface area contributed by atoms with Crippen molar-refractivity contribution in [3.8, 4) is 11.6 Å². The van der Waals surface area contributed by atoms with Crippen LogP contribution in [0.15, 0.2) is 52.5 Å². The molecule has 4 heterocycles. The van der Waals surface area contributed by atoms with Crippen molar-refractivity contribution in [2.75, 3.05) is 31.9 Å². The largest absolute Gasteiger partial charge is 0.461 e. The number of nitrogens with zero attached hydrogens (tertiary/aromatic N) is 6. The van der Waals surface area contributed by atoms with Crippen molar-refractivity contribution in [2.24, 2.45) is 0 Å². The molecule has 0 aliphatic carbocycles. The zero-order chi connectivity index (χ0) is 20.1. The highest BCUT2D eigenvalue weighted by Crippen LogP contribution is 2.24. The predicted octanol–water partition coefficient (Wildman–Crippen LogP) is 2.39. The number of furan rings is 1. The first-order valence-corrected chi connectivity index (χ1v) is 10.7. The predicted molar refractivity (Wildman–Crippen MR) is 110 cm³/mol. The molecule has 1 amide bonds. The Bertz CT molecular complexity index is 920. The van der Waals surface area contributed by atoms with Crippen molar-refractivity contribution in [3.63, 3.8) is 0 Å². The number of thioether (sulfide) groups is 1. The highest BCUT2D eigenvalue weighted by molar-refractivity contribution is 7.99. The van der Waals surface area contributed by atoms with E-state index in [-0.39, 0.29) is 5.91 Å². The summed E-state index contributed by atoms with van der Waals surface area (Å²) < 4.78 is 7.41. The van der Waals surface area contributed by atoms with E-state index in [0.717, 1.165) is 37.9 Å². The number of hydrogen-bond acceptors (Lipinski definition) is 7. The van der Waals surface area contributed by atoms with Gasteiger partial charge in [-0.1, -0.05) is 11.8 Å². The van der Waals surface area contributed by atoms with Crippen LogP contribution < -0.4 is 0 Å². The highest BCUT2D eigenvalue weighted by atomic mass is 32.2. The number of hydrogen-bond donors (Lipinski definition) is 0. The molecule has 0 aromatic carbocycles. The lowest BCUT2D eigenvalue weighted by atomic mass is 10.2. The lowest BCUT2D eigenvalue weighted by Crippen LogP contribution is -2.48. The first-order valence-electron chi connectivity index (χ1n) is 9.73. The van der Waals surface area contributed by atoms with Crippen LogP contribution in [0.5, 0.6) is 0 Å². The number of amides is 1. The fourth-order valence-corrected chi connectivity index (χ4v) is 4.29. The van der Waals surface area contributed by atoms with Gasteiger partial charge in [0.1, 0.15) is 0 Å². The summed E-state index contributed by atoms with van der Waals surface area (Å²) in [5.41, 5.74) is 1.25. The van der Waals surface area contributed by atoms with Crippen LogP contribution in [0, 0.1) is 0 Å². The summed E-state index contributed by atoms with van der Waals surface area (Å²) in [4.78, 5) is 21.0. The number of pyridine rings is 1. The molecule has 0 atom stereocenters. The molecule has 0 N–H and O–H groups in total. The number of carbonyl (C=O) groups excluding carboxylic acids is 1. The van der Waals surface area contributed by atoms with Gasteiger partial charge in [-0.25, -0.2) is 0 Å². The molecule has 4 rings (SSSR count). The van der Waals surface area contributed by atoms with E-state index in [1.54, 1.807) is 6.26 Å². The van der Waals surface area contributed by atoms with E-state index in [2.05, 4.69) is 20.1 Å². The van der Waals surface area contributed by atoms with Gasteiger partial charge in [0.25, 0.3) is 0 Å². The Morgan fingerprint density at radius 2 is 1.93 bits per heavy atom. The Morgan fingerprint density at radius 1 is 1.14 bits per heavy atom. The molecule has 1 aliphatic heterocycles. The van der Waals surface area contributed by atoms with Gasteiger partial charge in [-0.05, 0) is 36.8 Å². The molecule has 0 radical (unpaired) electrons. The maximum absolute atomic E-state index is 12.7. The van der Waals surface area contributed by atoms with Gasteiger partial charge in [-0.2, -0.15) is 0 Å². The molecule has 8 nitrogen and oxygen atoms in total. The van der Waals surface area contributed by atoms with Crippen LogP contribution in [0.25, 0.3) is 11.6 Å². The Balaban J connectivity index is 1.29. The monoisotopic (exact) mass is 412 g/mol. The van der Waals surface area contributed by atoms with Gasteiger partial charge < -0.3 is 9.32 Å². The van der Waals surface area contributed by atoms with Gasteiger partial charge in [-0.15, -0.1) is 10.2 Å². The van der Waals surface area contributed by atoms with Gasteiger partial charge >= 0.3 is 0 Å². The number of rotatable bonds is 7. The molecule has 0 saturated carbocycles. The average molecular weight is 413 g/mol. The van der Waals surface area contributed by atoms with E-state index in [1.165, 1.54) is 17.3 Å². The minimum Gasteiger partial charge on any atom is -0.461 e. The SMILES string of the molecule is CCn1c(SCC(=O)N2CCN(Cc3ccncc3)CC2)nnc1-c1ccco1. The van der Waals surface area contributed by atoms with E-state index in [4.69, 9.17) is 4.42 Å². The topological polar surface area (TPSA) is 80.3 Å². The van der Waals surface area contributed by atoms with Crippen molar-refractivity contribution in [1.29, 1.82) is 0 Å². The minimum absolute atomic E-state index is 0.142. The molecule has 0 bridgehead atoms. The Hall–Kier alpha value is -2.65. The van der Waals surface area contributed by atoms with Crippen LogP contribution in [0.2, 0.25) is 0 Å². The van der Waals surface area contributed by atoms with Crippen LogP contribution in [-0.4, -0.2) is 67.4 Å². The first kappa shape index (κ1) is 19.7. The second-order valence-corrected chi connectivity index (χ2v) is 7.77. The highest BCUT2D eigenvalue weighted by Gasteiger charge is 2.22. The fourth-order valence-electron chi connectivity index (χ4n) is 3.39. The third-order valence-electron chi connectivity index (χ3n) is 4.98. The summed E-state index contributed by atoms with van der Waals surface area (Å²) in [7, 11) is 0. The number of aromatic nitrogens is 4. The Morgan fingerprint density at radius 3 is 2.62 bits per heavy atom. The third-order valence-corrected chi connectivity index (χ3v) is 5.93. The number of carbonyl (C=O) groups is 1. The standard InChI is InChI=1S/C20H24N6O2S/c1-2-26-19(17-4-3-13-28-17)22-23-20(26)29-15-18(27)25-11-9-24(10-12-25)14-16-5-7-21-8-6-16/h3-8,13H,2,9-12,14-15H2,1H3. The summed E-state index contributed by atoms with van der Waals surface area (Å²) in [5, 5.41) is 9.22. The van der Waals surface area contributed by atoms with E-state index >= 15 is 0 Å². The smallest absolute Gasteiger partial charge is 0.233 e. The normalized spacial score (nSPS) is 15.0. The van der Waals surface area contributed by atoms with E-state index in [1.807, 2.05) is 53.0 Å². The fraction of sp³-hybridized carbons (Fsp3) is 0.400. The van der Waals surface area contributed by atoms with Gasteiger partial charge in [0, 0.05) is 51.7 Å². The second-order valence-electron chi connectivity index (χ2n) is 6.83. The van der Waals surface area contributed by atoms with E-state index < -0.39 is 0 Å². The van der Waals surface area contributed by atoms with Crippen molar-refractivity contribution >= 4 is 17.7 Å². The van der Waals surface area contributed by atoms with Gasteiger partial charge in [0.15, 0.2) is 16.7 Å². The molecule has 9 heteroatoms. The lowest BCUT2D eigenvalue weighted by Gasteiger charge is -2.34. The summed E-state index contributed by atoms with van der Waals surface area (Å²) in [6.07, 6.45) is 5.26. The summed E-state index contributed by atoms with van der Waals surface area (Å²) in [6.45, 7) is 6.91. The van der Waals surface area contributed by atoms with Crippen LogP contribution >= 0.6 is 11.8 Å². The molecule has 29 heavy (non-hydrogen) atoms.